The highest BCUT2D eigenvalue weighted by Crippen LogP contribution is 2.22. The van der Waals surface area contributed by atoms with Gasteiger partial charge in [-0.15, -0.1) is 0 Å². The van der Waals surface area contributed by atoms with E-state index in [1.807, 2.05) is 26.0 Å². The van der Waals surface area contributed by atoms with Crippen LogP contribution in [0.4, 0.5) is 5.69 Å². The molecule has 0 saturated heterocycles. The van der Waals surface area contributed by atoms with Crippen molar-refractivity contribution in [1.29, 1.82) is 0 Å². The monoisotopic (exact) mass is 269 g/mol. The van der Waals surface area contributed by atoms with Crippen molar-refractivity contribution in [3.8, 4) is 0 Å². The Bertz CT molecular complexity index is 596. The van der Waals surface area contributed by atoms with Crippen molar-refractivity contribution in [3.05, 3.63) is 59.4 Å². The molecule has 0 aliphatic rings. The topological polar surface area (TPSA) is 59.2 Å². The van der Waals surface area contributed by atoms with Crippen LogP contribution in [-0.4, -0.2) is 24.0 Å². The van der Waals surface area contributed by atoms with Crippen LogP contribution in [0.15, 0.2) is 42.7 Å². The smallest absolute Gasteiger partial charge is 0.259 e. The van der Waals surface area contributed by atoms with E-state index in [1.54, 1.807) is 29.4 Å². The highest BCUT2D eigenvalue weighted by molar-refractivity contribution is 6.06. The summed E-state index contributed by atoms with van der Waals surface area (Å²) in [7, 11) is 0. The predicted octanol–water partition coefficient (Wildman–Crippen LogP) is 2.30. The van der Waals surface area contributed by atoms with E-state index in [0.717, 1.165) is 11.3 Å². The molecule has 104 valence electrons. The molecule has 0 radical (unpaired) electrons. The summed E-state index contributed by atoms with van der Waals surface area (Å²) in [5.41, 5.74) is 9.36. The van der Waals surface area contributed by atoms with E-state index < -0.39 is 0 Å². The summed E-state index contributed by atoms with van der Waals surface area (Å²) in [5.74, 6) is -0.0736. The van der Waals surface area contributed by atoms with Gasteiger partial charge in [-0.05, 0) is 37.6 Å². The number of rotatable bonds is 4. The van der Waals surface area contributed by atoms with Gasteiger partial charge in [-0.2, -0.15) is 0 Å². The fourth-order valence-corrected chi connectivity index (χ4v) is 2.21. The van der Waals surface area contributed by atoms with E-state index in [1.165, 1.54) is 5.56 Å². The molecular formula is C16H19N3O. The lowest BCUT2D eigenvalue weighted by atomic mass is 10.1. The van der Waals surface area contributed by atoms with Gasteiger partial charge in [0.1, 0.15) is 0 Å². The Morgan fingerprint density at radius 1 is 1.30 bits per heavy atom. The van der Waals surface area contributed by atoms with Crippen LogP contribution in [0, 0.1) is 13.8 Å². The van der Waals surface area contributed by atoms with Crippen molar-refractivity contribution in [2.24, 2.45) is 5.73 Å². The fraction of sp³-hybridized carbons (Fsp3) is 0.250. The standard InChI is InChI=1S/C16H19N3O/c1-12-5-6-15(13(2)10-12)19(9-7-17)16(20)14-4-3-8-18-11-14/h3-6,8,10-11H,7,9,17H2,1-2H3. The minimum Gasteiger partial charge on any atom is -0.329 e. The number of hydrogen-bond donors (Lipinski definition) is 1. The van der Waals surface area contributed by atoms with E-state index >= 15 is 0 Å². The van der Waals surface area contributed by atoms with Gasteiger partial charge in [0.25, 0.3) is 5.91 Å². The molecule has 1 aromatic carbocycles. The number of anilines is 1. The van der Waals surface area contributed by atoms with Gasteiger partial charge in [0.05, 0.1) is 5.56 Å². The Balaban J connectivity index is 2.38. The molecule has 2 aromatic rings. The number of aryl methyl sites for hydroxylation is 2. The SMILES string of the molecule is Cc1ccc(N(CCN)C(=O)c2cccnc2)c(C)c1. The Kier molecular flexibility index (Phi) is 4.48. The second-order valence-corrected chi connectivity index (χ2v) is 4.78. The first-order chi connectivity index (χ1) is 9.63. The lowest BCUT2D eigenvalue weighted by molar-refractivity contribution is 0.0987. The van der Waals surface area contributed by atoms with Crippen molar-refractivity contribution in [3.63, 3.8) is 0 Å². The van der Waals surface area contributed by atoms with Gasteiger partial charge in [0.15, 0.2) is 0 Å². The molecule has 20 heavy (non-hydrogen) atoms. The quantitative estimate of drug-likeness (QED) is 0.926. The van der Waals surface area contributed by atoms with Crippen molar-refractivity contribution in [2.45, 2.75) is 13.8 Å². The zero-order valence-corrected chi connectivity index (χ0v) is 11.8. The molecule has 0 unspecified atom stereocenters. The first kappa shape index (κ1) is 14.2. The van der Waals surface area contributed by atoms with Gasteiger partial charge in [0.2, 0.25) is 0 Å². The Hall–Kier alpha value is -2.20. The zero-order chi connectivity index (χ0) is 14.5. The molecule has 1 aromatic heterocycles. The number of aromatic nitrogens is 1. The number of nitrogens with two attached hydrogens (primary N) is 1. The summed E-state index contributed by atoms with van der Waals surface area (Å²) in [4.78, 5) is 18.3. The molecule has 2 rings (SSSR count). The number of benzene rings is 1. The maximum Gasteiger partial charge on any atom is 0.259 e. The van der Waals surface area contributed by atoms with Crippen LogP contribution in [0.5, 0.6) is 0 Å². The van der Waals surface area contributed by atoms with Crippen molar-refractivity contribution in [2.75, 3.05) is 18.0 Å². The molecule has 0 aliphatic carbocycles. The van der Waals surface area contributed by atoms with Gasteiger partial charge in [-0.25, -0.2) is 0 Å². The van der Waals surface area contributed by atoms with Gasteiger partial charge in [0, 0.05) is 31.2 Å². The number of carbonyl (C=O) groups excluding carboxylic acids is 1. The third-order valence-electron chi connectivity index (χ3n) is 3.15. The second-order valence-electron chi connectivity index (χ2n) is 4.78. The highest BCUT2D eigenvalue weighted by Gasteiger charge is 2.18. The summed E-state index contributed by atoms with van der Waals surface area (Å²) < 4.78 is 0. The molecular weight excluding hydrogens is 250 g/mol. The van der Waals surface area contributed by atoms with Crippen LogP contribution in [0.25, 0.3) is 0 Å². The summed E-state index contributed by atoms with van der Waals surface area (Å²) in [6, 6.07) is 9.56. The molecule has 0 saturated carbocycles. The average Bonchev–Trinajstić information content (AvgIpc) is 2.46. The molecule has 4 heteroatoms. The molecule has 2 N–H and O–H groups in total. The second kappa shape index (κ2) is 6.30. The number of amides is 1. The lowest BCUT2D eigenvalue weighted by Crippen LogP contribution is -2.36. The third-order valence-corrected chi connectivity index (χ3v) is 3.15. The highest BCUT2D eigenvalue weighted by atomic mass is 16.2. The molecule has 0 bridgehead atoms. The maximum atomic E-state index is 12.6. The van der Waals surface area contributed by atoms with Crippen LogP contribution < -0.4 is 10.6 Å². The van der Waals surface area contributed by atoms with Gasteiger partial charge < -0.3 is 10.6 Å². The average molecular weight is 269 g/mol. The van der Waals surface area contributed by atoms with E-state index in [0.29, 0.717) is 18.7 Å². The minimum absolute atomic E-state index is 0.0736. The van der Waals surface area contributed by atoms with Crippen molar-refractivity contribution in [1.82, 2.24) is 4.98 Å². The number of nitrogens with zero attached hydrogens (tertiary/aromatic N) is 2. The molecule has 1 amide bonds. The summed E-state index contributed by atoms with van der Waals surface area (Å²) in [6.45, 7) is 4.94. The van der Waals surface area contributed by atoms with Crippen molar-refractivity contribution >= 4 is 11.6 Å². The molecule has 1 heterocycles. The maximum absolute atomic E-state index is 12.6. The predicted molar refractivity (Wildman–Crippen MR) is 80.9 cm³/mol. The first-order valence-electron chi connectivity index (χ1n) is 6.62. The minimum atomic E-state index is -0.0736. The Morgan fingerprint density at radius 2 is 2.10 bits per heavy atom. The van der Waals surface area contributed by atoms with Gasteiger partial charge in [-0.3, -0.25) is 9.78 Å². The molecule has 0 fully saturated rings. The summed E-state index contributed by atoms with van der Waals surface area (Å²) in [6.07, 6.45) is 3.23. The van der Waals surface area contributed by atoms with Crippen LogP contribution in [0.1, 0.15) is 21.5 Å². The van der Waals surface area contributed by atoms with E-state index in [-0.39, 0.29) is 5.91 Å². The fourth-order valence-electron chi connectivity index (χ4n) is 2.21. The Labute approximate surface area is 119 Å². The molecule has 0 atom stereocenters. The zero-order valence-electron chi connectivity index (χ0n) is 11.8. The largest absolute Gasteiger partial charge is 0.329 e. The number of carbonyl (C=O) groups is 1. The molecule has 0 aliphatic heterocycles. The van der Waals surface area contributed by atoms with Crippen LogP contribution in [-0.2, 0) is 0 Å². The Morgan fingerprint density at radius 3 is 2.70 bits per heavy atom. The van der Waals surface area contributed by atoms with Gasteiger partial charge >= 0.3 is 0 Å². The van der Waals surface area contributed by atoms with Crippen LogP contribution in [0.2, 0.25) is 0 Å². The summed E-state index contributed by atoms with van der Waals surface area (Å²) in [5, 5.41) is 0. The summed E-state index contributed by atoms with van der Waals surface area (Å²) >= 11 is 0. The van der Waals surface area contributed by atoms with E-state index in [2.05, 4.69) is 11.1 Å². The van der Waals surface area contributed by atoms with Gasteiger partial charge in [-0.1, -0.05) is 17.7 Å². The third kappa shape index (κ3) is 3.03. The van der Waals surface area contributed by atoms with Crippen LogP contribution in [0.3, 0.4) is 0 Å². The first-order valence-corrected chi connectivity index (χ1v) is 6.62. The number of hydrogen-bond acceptors (Lipinski definition) is 3. The molecule has 4 nitrogen and oxygen atoms in total. The molecule has 0 spiro atoms. The van der Waals surface area contributed by atoms with Crippen molar-refractivity contribution < 1.29 is 4.79 Å². The normalized spacial score (nSPS) is 10.3. The van der Waals surface area contributed by atoms with E-state index in [4.69, 9.17) is 5.73 Å². The van der Waals surface area contributed by atoms with Crippen LogP contribution >= 0.6 is 0 Å². The lowest BCUT2D eigenvalue weighted by Gasteiger charge is -2.24. The number of pyridine rings is 1. The van der Waals surface area contributed by atoms with E-state index in [9.17, 15) is 4.79 Å².